The molecule has 0 radical (unpaired) electrons. The van der Waals surface area contributed by atoms with E-state index in [0.29, 0.717) is 6.42 Å². The van der Waals surface area contributed by atoms with Crippen molar-refractivity contribution in [3.8, 4) is 0 Å². The molecule has 3 N–H and O–H groups in total. The first-order chi connectivity index (χ1) is 7.50. The summed E-state index contributed by atoms with van der Waals surface area (Å²) >= 11 is 0. The minimum absolute atomic E-state index is 0.00332. The summed E-state index contributed by atoms with van der Waals surface area (Å²) in [4.78, 5) is 21.8. The lowest BCUT2D eigenvalue weighted by atomic mass is 10.2. The predicted octanol–water partition coefficient (Wildman–Crippen LogP) is -0.494. The van der Waals surface area contributed by atoms with Gasteiger partial charge in [-0.25, -0.2) is 4.79 Å². The second-order valence-corrected chi connectivity index (χ2v) is 3.95. The van der Waals surface area contributed by atoms with Gasteiger partial charge in [0.05, 0.1) is 6.10 Å². The second-order valence-electron chi connectivity index (χ2n) is 3.95. The Balaban J connectivity index is 2.18. The monoisotopic (exact) mass is 231 g/mol. The molecule has 1 aliphatic heterocycles. The smallest absolute Gasteiger partial charge is 0.332 e. The van der Waals surface area contributed by atoms with E-state index < -0.39 is 18.2 Å². The van der Waals surface area contributed by atoms with Gasteiger partial charge in [-0.3, -0.25) is 4.79 Å². The molecular formula is C10H17NO5. The molecule has 3 atom stereocenters. The largest absolute Gasteiger partial charge is 0.479 e. The number of carbonyl (C=O) groups is 2. The van der Waals surface area contributed by atoms with E-state index in [9.17, 15) is 9.59 Å². The van der Waals surface area contributed by atoms with Crippen LogP contribution in [0.2, 0.25) is 0 Å². The molecule has 1 amide bonds. The molecule has 0 bridgehead atoms. The van der Waals surface area contributed by atoms with Crippen molar-refractivity contribution in [2.24, 2.45) is 0 Å². The molecule has 1 heterocycles. The van der Waals surface area contributed by atoms with E-state index >= 15 is 0 Å². The standard InChI is InChI=1S/C10H17NO5/c1-6-2-3-8(16-6)9(13)11-5-4-7(12)10(14)15/h6-8,12H,2-5H2,1H3,(H,11,13)(H,14,15)/t6?,7-,8?/m0/s1. The van der Waals surface area contributed by atoms with Crippen molar-refractivity contribution < 1.29 is 24.5 Å². The van der Waals surface area contributed by atoms with E-state index in [-0.39, 0.29) is 25.0 Å². The maximum Gasteiger partial charge on any atom is 0.332 e. The molecule has 1 saturated heterocycles. The Labute approximate surface area is 93.6 Å². The van der Waals surface area contributed by atoms with Gasteiger partial charge in [0, 0.05) is 13.0 Å². The number of amides is 1. The van der Waals surface area contributed by atoms with Gasteiger partial charge in [0.25, 0.3) is 0 Å². The van der Waals surface area contributed by atoms with Gasteiger partial charge in [-0.2, -0.15) is 0 Å². The summed E-state index contributed by atoms with van der Waals surface area (Å²) in [5.74, 6) is -1.51. The number of hydrogen-bond donors (Lipinski definition) is 3. The lowest BCUT2D eigenvalue weighted by Gasteiger charge is -2.12. The zero-order valence-electron chi connectivity index (χ0n) is 9.18. The lowest BCUT2D eigenvalue weighted by Crippen LogP contribution is -2.37. The molecule has 0 spiro atoms. The van der Waals surface area contributed by atoms with Gasteiger partial charge in [0.2, 0.25) is 5.91 Å². The minimum Gasteiger partial charge on any atom is -0.479 e. The minimum atomic E-state index is -1.43. The first-order valence-electron chi connectivity index (χ1n) is 5.34. The van der Waals surface area contributed by atoms with Crippen LogP contribution in [0.5, 0.6) is 0 Å². The Morgan fingerprint density at radius 2 is 2.19 bits per heavy atom. The third kappa shape index (κ3) is 3.79. The van der Waals surface area contributed by atoms with Crippen LogP contribution in [0, 0.1) is 0 Å². The number of ether oxygens (including phenoxy) is 1. The molecule has 16 heavy (non-hydrogen) atoms. The predicted molar refractivity (Wildman–Crippen MR) is 54.8 cm³/mol. The van der Waals surface area contributed by atoms with Crippen molar-refractivity contribution in [2.45, 2.75) is 44.5 Å². The lowest BCUT2D eigenvalue weighted by molar-refractivity contribution is -0.147. The fourth-order valence-electron chi connectivity index (χ4n) is 1.56. The summed E-state index contributed by atoms with van der Waals surface area (Å²) < 4.78 is 5.34. The third-order valence-corrected chi connectivity index (χ3v) is 2.53. The van der Waals surface area contributed by atoms with Gasteiger partial charge in [0.1, 0.15) is 6.10 Å². The average molecular weight is 231 g/mol. The van der Waals surface area contributed by atoms with Crippen molar-refractivity contribution >= 4 is 11.9 Å². The summed E-state index contributed by atoms with van der Waals surface area (Å²) in [7, 11) is 0. The van der Waals surface area contributed by atoms with Gasteiger partial charge in [0.15, 0.2) is 6.10 Å². The van der Waals surface area contributed by atoms with Crippen molar-refractivity contribution in [2.75, 3.05) is 6.54 Å². The molecule has 1 aliphatic rings. The van der Waals surface area contributed by atoms with Crippen LogP contribution in [0.4, 0.5) is 0 Å². The van der Waals surface area contributed by atoms with E-state index in [4.69, 9.17) is 14.9 Å². The molecule has 0 aromatic carbocycles. The molecule has 0 aromatic rings. The van der Waals surface area contributed by atoms with Crippen LogP contribution in [0.25, 0.3) is 0 Å². The van der Waals surface area contributed by atoms with Gasteiger partial charge in [-0.15, -0.1) is 0 Å². The highest BCUT2D eigenvalue weighted by Gasteiger charge is 2.27. The van der Waals surface area contributed by atoms with Crippen LogP contribution in [0.1, 0.15) is 26.2 Å². The summed E-state index contributed by atoms with van der Waals surface area (Å²) in [6.45, 7) is 2.04. The Morgan fingerprint density at radius 3 is 2.69 bits per heavy atom. The van der Waals surface area contributed by atoms with Crippen LogP contribution in [-0.2, 0) is 14.3 Å². The quantitative estimate of drug-likeness (QED) is 0.593. The van der Waals surface area contributed by atoms with Crippen molar-refractivity contribution in [1.82, 2.24) is 5.32 Å². The fourth-order valence-corrected chi connectivity index (χ4v) is 1.56. The van der Waals surface area contributed by atoms with E-state index in [1.807, 2.05) is 6.92 Å². The second kappa shape index (κ2) is 5.81. The van der Waals surface area contributed by atoms with Crippen LogP contribution in [0.15, 0.2) is 0 Å². The van der Waals surface area contributed by atoms with E-state index in [2.05, 4.69) is 5.32 Å². The maximum absolute atomic E-state index is 11.5. The van der Waals surface area contributed by atoms with Crippen LogP contribution >= 0.6 is 0 Å². The highest BCUT2D eigenvalue weighted by Crippen LogP contribution is 2.18. The molecule has 92 valence electrons. The molecule has 2 unspecified atom stereocenters. The molecule has 6 nitrogen and oxygen atoms in total. The fraction of sp³-hybridized carbons (Fsp3) is 0.800. The number of carboxylic acids is 1. The normalized spacial score (nSPS) is 26.4. The number of aliphatic hydroxyl groups excluding tert-OH is 1. The Bertz CT molecular complexity index is 268. The van der Waals surface area contributed by atoms with Gasteiger partial charge in [-0.1, -0.05) is 0 Å². The van der Waals surface area contributed by atoms with Gasteiger partial charge in [-0.05, 0) is 19.8 Å². The zero-order valence-corrected chi connectivity index (χ0v) is 9.18. The summed E-state index contributed by atoms with van der Waals surface area (Å²) in [6, 6.07) is 0. The van der Waals surface area contributed by atoms with E-state index in [0.717, 1.165) is 6.42 Å². The molecule has 0 saturated carbocycles. The molecule has 1 rings (SSSR count). The Hall–Kier alpha value is -1.14. The molecule has 0 aliphatic carbocycles. The van der Waals surface area contributed by atoms with Gasteiger partial charge < -0.3 is 20.3 Å². The number of carboxylic acid groups (broad SMARTS) is 1. The molecular weight excluding hydrogens is 214 g/mol. The number of hydrogen-bond acceptors (Lipinski definition) is 4. The van der Waals surface area contributed by atoms with Crippen molar-refractivity contribution in [3.63, 3.8) is 0 Å². The van der Waals surface area contributed by atoms with Crippen LogP contribution < -0.4 is 5.32 Å². The van der Waals surface area contributed by atoms with Crippen LogP contribution in [0.3, 0.4) is 0 Å². The maximum atomic E-state index is 11.5. The first kappa shape index (κ1) is 12.9. The van der Waals surface area contributed by atoms with Gasteiger partial charge >= 0.3 is 5.97 Å². The first-order valence-corrected chi connectivity index (χ1v) is 5.34. The summed E-state index contributed by atoms with van der Waals surface area (Å²) in [5, 5.41) is 19.9. The Morgan fingerprint density at radius 1 is 1.50 bits per heavy atom. The summed E-state index contributed by atoms with van der Waals surface area (Å²) in [5.41, 5.74) is 0. The van der Waals surface area contributed by atoms with E-state index in [1.165, 1.54) is 0 Å². The topological polar surface area (TPSA) is 95.9 Å². The number of rotatable bonds is 5. The molecule has 6 heteroatoms. The number of aliphatic hydroxyl groups is 1. The highest BCUT2D eigenvalue weighted by molar-refractivity contribution is 5.81. The average Bonchev–Trinajstić information content (AvgIpc) is 2.64. The van der Waals surface area contributed by atoms with Crippen molar-refractivity contribution in [1.29, 1.82) is 0 Å². The molecule has 1 fully saturated rings. The molecule has 0 aromatic heterocycles. The van der Waals surface area contributed by atoms with E-state index in [1.54, 1.807) is 0 Å². The zero-order chi connectivity index (χ0) is 12.1. The Kier molecular flexibility index (Phi) is 4.70. The third-order valence-electron chi connectivity index (χ3n) is 2.53. The summed E-state index contributed by atoms with van der Waals surface area (Å²) in [6.07, 6.45) is -0.214. The highest BCUT2D eigenvalue weighted by atomic mass is 16.5. The number of aliphatic carboxylic acids is 1. The van der Waals surface area contributed by atoms with Crippen LogP contribution in [-0.4, -0.2) is 46.9 Å². The van der Waals surface area contributed by atoms with Crippen molar-refractivity contribution in [3.05, 3.63) is 0 Å². The SMILES string of the molecule is CC1CCC(C(=O)NCC[C@H](O)C(=O)O)O1. The number of nitrogens with one attached hydrogen (secondary N) is 1. The number of carbonyl (C=O) groups excluding carboxylic acids is 1.